The second kappa shape index (κ2) is 7.74. The fraction of sp³-hybridized carbons (Fsp3) is 0.316. The molecule has 1 aliphatic heterocycles. The van der Waals surface area contributed by atoms with Crippen LogP contribution in [0.4, 0.5) is 17.1 Å². The van der Waals surface area contributed by atoms with E-state index in [1.807, 2.05) is 12.1 Å². The topological polar surface area (TPSA) is 102 Å². The molecule has 2 aromatic heterocycles. The summed E-state index contributed by atoms with van der Waals surface area (Å²) in [6.45, 7) is 3.17. The van der Waals surface area contributed by atoms with Crippen molar-refractivity contribution in [3.8, 4) is 17.0 Å². The zero-order valence-electron chi connectivity index (χ0n) is 16.2. The largest absolute Gasteiger partial charge is 0.490 e. The molecule has 0 saturated carbocycles. The van der Waals surface area contributed by atoms with Crippen molar-refractivity contribution in [1.29, 1.82) is 0 Å². The van der Waals surface area contributed by atoms with Gasteiger partial charge in [0.2, 0.25) is 0 Å². The molecule has 1 saturated heterocycles. The number of nitro benzene ring substituents is 1. The molecule has 1 aromatic carbocycles. The Morgan fingerprint density at radius 2 is 1.79 bits per heavy atom. The molecule has 0 bridgehead atoms. The van der Waals surface area contributed by atoms with Gasteiger partial charge in [-0.1, -0.05) is 0 Å². The highest BCUT2D eigenvalue weighted by Gasteiger charge is 2.26. The van der Waals surface area contributed by atoms with E-state index >= 15 is 0 Å². The third kappa shape index (κ3) is 3.68. The molecule has 0 unspecified atom stereocenters. The number of ether oxygens (including phenoxy) is 1. The van der Waals surface area contributed by atoms with Gasteiger partial charge >= 0.3 is 5.69 Å². The number of aryl methyl sites for hydroxylation is 1. The molecule has 0 amide bonds. The predicted molar refractivity (Wildman–Crippen MR) is 108 cm³/mol. The van der Waals surface area contributed by atoms with Crippen LogP contribution in [0.25, 0.3) is 11.3 Å². The lowest BCUT2D eigenvalue weighted by atomic mass is 10.1. The fourth-order valence-corrected chi connectivity index (χ4v) is 3.56. The number of methoxy groups -OCH3 is 1. The first-order valence-electron chi connectivity index (χ1n) is 9.20. The maximum atomic E-state index is 11.5. The summed E-state index contributed by atoms with van der Waals surface area (Å²) in [6.07, 6.45) is 5.19. The zero-order valence-corrected chi connectivity index (χ0v) is 16.2. The lowest BCUT2D eigenvalue weighted by Crippen LogP contribution is -2.46. The van der Waals surface area contributed by atoms with Crippen molar-refractivity contribution in [2.45, 2.75) is 0 Å². The fourth-order valence-electron chi connectivity index (χ4n) is 3.56. The normalized spacial score (nSPS) is 14.1. The van der Waals surface area contributed by atoms with E-state index in [0.29, 0.717) is 11.3 Å². The van der Waals surface area contributed by atoms with Gasteiger partial charge in [0.1, 0.15) is 5.69 Å². The van der Waals surface area contributed by atoms with Crippen molar-refractivity contribution < 1.29 is 9.66 Å². The highest BCUT2D eigenvalue weighted by molar-refractivity contribution is 5.81. The second-order valence-electron chi connectivity index (χ2n) is 6.70. The van der Waals surface area contributed by atoms with Gasteiger partial charge in [-0.2, -0.15) is 15.0 Å². The quantitative estimate of drug-likeness (QED) is 0.478. The summed E-state index contributed by atoms with van der Waals surface area (Å²) in [6, 6.07) is 7.24. The molecule has 10 heteroatoms. The Morgan fingerprint density at radius 3 is 2.38 bits per heavy atom. The molecule has 150 valence electrons. The van der Waals surface area contributed by atoms with Crippen LogP contribution in [0.1, 0.15) is 0 Å². The van der Waals surface area contributed by atoms with Gasteiger partial charge < -0.3 is 14.5 Å². The molecule has 0 spiro atoms. The molecule has 3 aromatic rings. The maximum Gasteiger partial charge on any atom is 0.311 e. The van der Waals surface area contributed by atoms with Crippen LogP contribution in [0.3, 0.4) is 0 Å². The van der Waals surface area contributed by atoms with Crippen LogP contribution < -0.4 is 14.5 Å². The number of nitrogens with zero attached hydrogens (tertiary/aromatic N) is 7. The third-order valence-corrected chi connectivity index (χ3v) is 5.02. The number of pyridine rings is 1. The Morgan fingerprint density at radius 1 is 1.10 bits per heavy atom. The molecule has 0 aliphatic carbocycles. The Labute approximate surface area is 167 Å². The lowest BCUT2D eigenvalue weighted by molar-refractivity contribution is -0.385. The van der Waals surface area contributed by atoms with Crippen LogP contribution in [-0.2, 0) is 7.05 Å². The van der Waals surface area contributed by atoms with Crippen LogP contribution in [0.2, 0.25) is 0 Å². The predicted octanol–water partition coefficient (Wildman–Crippen LogP) is 2.12. The smallest absolute Gasteiger partial charge is 0.311 e. The maximum absolute atomic E-state index is 11.5. The van der Waals surface area contributed by atoms with E-state index < -0.39 is 4.92 Å². The van der Waals surface area contributed by atoms with Gasteiger partial charge in [0.15, 0.2) is 5.75 Å². The SMILES string of the molecule is COc1cc(N2CCN(c3ccncc3)CC2)c(-c2cnn(C)n2)cc1[N+](=O)[O-]. The van der Waals surface area contributed by atoms with Crippen molar-refractivity contribution in [2.24, 2.45) is 7.05 Å². The number of benzene rings is 1. The summed E-state index contributed by atoms with van der Waals surface area (Å²) in [5, 5.41) is 20.0. The van der Waals surface area contributed by atoms with Gasteiger partial charge in [-0.05, 0) is 12.1 Å². The Bertz CT molecular complexity index is 1010. The first kappa shape index (κ1) is 18.7. The molecular formula is C19H21N7O3. The van der Waals surface area contributed by atoms with Gasteiger partial charge in [0.25, 0.3) is 0 Å². The van der Waals surface area contributed by atoms with E-state index in [0.717, 1.165) is 37.6 Å². The van der Waals surface area contributed by atoms with Gasteiger partial charge in [-0.3, -0.25) is 15.1 Å². The average Bonchev–Trinajstić information content (AvgIpc) is 3.19. The number of aromatic nitrogens is 4. The first-order valence-corrected chi connectivity index (χ1v) is 9.20. The molecule has 10 nitrogen and oxygen atoms in total. The summed E-state index contributed by atoms with van der Waals surface area (Å²) >= 11 is 0. The van der Waals surface area contributed by atoms with E-state index in [9.17, 15) is 10.1 Å². The van der Waals surface area contributed by atoms with E-state index in [1.54, 1.807) is 31.7 Å². The van der Waals surface area contributed by atoms with Crippen LogP contribution in [0.5, 0.6) is 5.75 Å². The second-order valence-corrected chi connectivity index (χ2v) is 6.70. The monoisotopic (exact) mass is 395 g/mol. The number of piperazine rings is 1. The summed E-state index contributed by atoms with van der Waals surface area (Å²) in [5.74, 6) is 0.231. The molecular weight excluding hydrogens is 374 g/mol. The molecule has 4 rings (SSSR count). The summed E-state index contributed by atoms with van der Waals surface area (Å²) in [4.78, 5) is 21.1. The minimum atomic E-state index is -0.441. The standard InChI is InChI=1S/C19H21N7O3/c1-23-21-13-16(22-23)15-11-18(26(27)28)19(29-2)12-17(15)25-9-7-24(8-10-25)14-3-5-20-6-4-14/h3-6,11-13H,7-10H2,1-2H3. The molecule has 0 N–H and O–H groups in total. The van der Waals surface area contributed by atoms with E-state index in [-0.39, 0.29) is 11.4 Å². The van der Waals surface area contributed by atoms with Crippen molar-refractivity contribution in [2.75, 3.05) is 43.1 Å². The molecule has 1 fully saturated rings. The van der Waals surface area contributed by atoms with Crippen LogP contribution in [0.15, 0.2) is 42.9 Å². The highest BCUT2D eigenvalue weighted by atomic mass is 16.6. The van der Waals surface area contributed by atoms with Gasteiger partial charge in [-0.15, -0.1) is 0 Å². The van der Waals surface area contributed by atoms with Crippen LogP contribution in [-0.4, -0.2) is 58.2 Å². The summed E-state index contributed by atoms with van der Waals surface area (Å²) in [5.41, 5.74) is 3.15. The zero-order chi connectivity index (χ0) is 20.4. The number of anilines is 2. The lowest BCUT2D eigenvalue weighted by Gasteiger charge is -2.38. The van der Waals surface area contributed by atoms with Gasteiger partial charge in [-0.25, -0.2) is 0 Å². The average molecular weight is 395 g/mol. The molecule has 3 heterocycles. The van der Waals surface area contributed by atoms with E-state index in [1.165, 1.54) is 18.0 Å². The number of nitro groups is 1. The van der Waals surface area contributed by atoms with Crippen molar-refractivity contribution in [1.82, 2.24) is 20.0 Å². The summed E-state index contributed by atoms with van der Waals surface area (Å²) in [7, 11) is 3.16. The van der Waals surface area contributed by atoms with Crippen LogP contribution >= 0.6 is 0 Å². The number of rotatable bonds is 5. The first-order chi connectivity index (χ1) is 14.1. The van der Waals surface area contributed by atoms with Crippen molar-refractivity contribution >= 4 is 17.1 Å². The highest BCUT2D eigenvalue weighted by Crippen LogP contribution is 2.40. The molecule has 1 aliphatic rings. The Balaban J connectivity index is 1.68. The minimum absolute atomic E-state index is 0.0904. The van der Waals surface area contributed by atoms with E-state index in [2.05, 4.69) is 25.0 Å². The summed E-state index contributed by atoms with van der Waals surface area (Å²) < 4.78 is 5.30. The Kier molecular flexibility index (Phi) is 4.98. The van der Waals surface area contributed by atoms with Crippen LogP contribution in [0, 0.1) is 10.1 Å². The minimum Gasteiger partial charge on any atom is -0.490 e. The molecule has 0 radical (unpaired) electrons. The number of hydrogen-bond acceptors (Lipinski definition) is 8. The molecule has 29 heavy (non-hydrogen) atoms. The van der Waals surface area contributed by atoms with Gasteiger partial charge in [0, 0.05) is 69.0 Å². The Hall–Kier alpha value is -3.69. The number of hydrogen-bond donors (Lipinski definition) is 0. The van der Waals surface area contributed by atoms with Gasteiger partial charge in [0.05, 0.1) is 23.9 Å². The van der Waals surface area contributed by atoms with Crippen molar-refractivity contribution in [3.05, 3.63) is 53.0 Å². The third-order valence-electron chi connectivity index (χ3n) is 5.02. The van der Waals surface area contributed by atoms with E-state index in [4.69, 9.17) is 4.74 Å². The van der Waals surface area contributed by atoms with Crippen molar-refractivity contribution in [3.63, 3.8) is 0 Å². The molecule has 0 atom stereocenters.